The van der Waals surface area contributed by atoms with Crippen LogP contribution >= 0.6 is 11.6 Å². The van der Waals surface area contributed by atoms with Gasteiger partial charge in [0.25, 0.3) is 5.69 Å². The second-order valence-electron chi connectivity index (χ2n) is 3.72. The number of nitro benzene ring substituents is 3. The Hall–Kier alpha value is -3.07. The summed E-state index contributed by atoms with van der Waals surface area (Å²) in [5, 5.41) is 30.5. The first kappa shape index (κ1) is 17.0. The van der Waals surface area contributed by atoms with Crippen LogP contribution in [0.3, 0.4) is 0 Å². The molecule has 2 aromatic rings. The number of nitro groups is 3. The third kappa shape index (κ3) is 4.49. The number of non-ortho nitro benzene ring substituents is 1. The molecule has 0 aliphatic heterocycles. The highest BCUT2D eigenvalue weighted by Gasteiger charge is 2.28. The quantitative estimate of drug-likeness (QED) is 0.624. The fourth-order valence-electron chi connectivity index (χ4n) is 1.34. The largest absolute Gasteiger partial charge is 0.301 e. The van der Waals surface area contributed by atoms with Gasteiger partial charge in [0.05, 0.1) is 26.9 Å². The first-order chi connectivity index (χ1) is 10.3. The van der Waals surface area contributed by atoms with E-state index in [4.69, 9.17) is 11.6 Å². The van der Waals surface area contributed by atoms with E-state index in [1.807, 2.05) is 36.4 Å². The summed E-state index contributed by atoms with van der Waals surface area (Å²) in [6, 6.07) is 13.1. The maximum absolute atomic E-state index is 10.4. The van der Waals surface area contributed by atoms with Gasteiger partial charge in [0, 0.05) is 0 Å². The highest BCUT2D eigenvalue weighted by molar-refractivity contribution is 6.34. The van der Waals surface area contributed by atoms with Crippen LogP contribution in [0.25, 0.3) is 0 Å². The van der Waals surface area contributed by atoms with Gasteiger partial charge in [0.2, 0.25) is 0 Å². The molecule has 10 heteroatoms. The average molecular weight is 326 g/mol. The first-order valence-electron chi connectivity index (χ1n) is 5.61. The van der Waals surface area contributed by atoms with Crippen LogP contribution in [0.4, 0.5) is 17.1 Å². The van der Waals surface area contributed by atoms with Crippen molar-refractivity contribution in [3.8, 4) is 0 Å². The van der Waals surface area contributed by atoms with Crippen LogP contribution in [0.15, 0.2) is 48.5 Å². The van der Waals surface area contributed by atoms with Crippen molar-refractivity contribution in [2.75, 3.05) is 0 Å². The van der Waals surface area contributed by atoms with Gasteiger partial charge < -0.3 is 0 Å². The third-order valence-electron chi connectivity index (χ3n) is 2.29. The standard InChI is InChI=1S/C6H2ClN3O6.C6H6/c7-6-4(9(13)14)1-3(8(11)12)2-5(6)10(15)16;1-2-4-6-5-3-1/h1-2H;1-6H. The third-order valence-corrected chi connectivity index (χ3v) is 2.68. The Morgan fingerprint density at radius 2 is 1.00 bits per heavy atom. The molecule has 9 nitrogen and oxygen atoms in total. The molecule has 0 radical (unpaired) electrons. The minimum Gasteiger partial charge on any atom is -0.258 e. The summed E-state index contributed by atoms with van der Waals surface area (Å²) in [5.41, 5.74) is -2.51. The highest BCUT2D eigenvalue weighted by atomic mass is 35.5. The lowest BCUT2D eigenvalue weighted by Gasteiger charge is -1.97. The minimum absolute atomic E-state index is 0.565. The Labute approximate surface area is 128 Å². The smallest absolute Gasteiger partial charge is 0.258 e. The van der Waals surface area contributed by atoms with Crippen molar-refractivity contribution in [3.05, 3.63) is 83.9 Å². The van der Waals surface area contributed by atoms with E-state index in [1.165, 1.54) is 0 Å². The van der Waals surface area contributed by atoms with Gasteiger partial charge in [-0.1, -0.05) is 48.0 Å². The van der Waals surface area contributed by atoms with Crippen LogP contribution < -0.4 is 0 Å². The molecule has 0 N–H and O–H groups in total. The number of halogens is 1. The van der Waals surface area contributed by atoms with Gasteiger partial charge in [-0.15, -0.1) is 0 Å². The van der Waals surface area contributed by atoms with E-state index in [9.17, 15) is 30.3 Å². The molecule has 0 heterocycles. The predicted octanol–water partition coefficient (Wildman–Crippen LogP) is 3.75. The molecule has 0 fully saturated rings. The number of benzene rings is 2. The van der Waals surface area contributed by atoms with Crippen LogP contribution in [0, 0.1) is 30.3 Å². The van der Waals surface area contributed by atoms with Crippen molar-refractivity contribution in [2.45, 2.75) is 0 Å². The molecule has 0 aliphatic carbocycles. The summed E-state index contributed by atoms with van der Waals surface area (Å²) >= 11 is 5.37. The van der Waals surface area contributed by atoms with Crippen LogP contribution in [-0.4, -0.2) is 14.8 Å². The number of rotatable bonds is 3. The SMILES string of the molecule is O=[N+]([O-])c1cc([N+](=O)[O-])c(Cl)c([N+](=O)[O-])c1.c1ccccc1. The fraction of sp³-hybridized carbons (Fsp3) is 0. The number of hydrogen-bond donors (Lipinski definition) is 0. The van der Waals surface area contributed by atoms with Crippen LogP contribution in [0.1, 0.15) is 0 Å². The van der Waals surface area contributed by atoms with Crippen molar-refractivity contribution in [2.24, 2.45) is 0 Å². The zero-order valence-corrected chi connectivity index (χ0v) is 11.5. The maximum Gasteiger partial charge on any atom is 0.301 e. The van der Waals surface area contributed by atoms with E-state index in [0.29, 0.717) is 12.1 Å². The van der Waals surface area contributed by atoms with E-state index in [-0.39, 0.29) is 0 Å². The summed E-state index contributed by atoms with van der Waals surface area (Å²) in [6.07, 6.45) is 0. The first-order valence-corrected chi connectivity index (χ1v) is 5.99. The minimum atomic E-state index is -1.03. The van der Waals surface area contributed by atoms with E-state index < -0.39 is 36.9 Å². The Morgan fingerprint density at radius 3 is 1.23 bits per heavy atom. The molecule has 0 amide bonds. The van der Waals surface area contributed by atoms with Crippen LogP contribution in [-0.2, 0) is 0 Å². The molecule has 0 aromatic heterocycles. The number of hydrogen-bond acceptors (Lipinski definition) is 6. The fourth-order valence-corrected chi connectivity index (χ4v) is 1.58. The lowest BCUT2D eigenvalue weighted by atomic mass is 10.2. The van der Waals surface area contributed by atoms with E-state index in [1.54, 1.807) is 0 Å². The summed E-state index contributed by atoms with van der Waals surface area (Å²) in [7, 11) is 0. The number of nitrogens with zero attached hydrogens (tertiary/aromatic N) is 3. The normalized spacial score (nSPS) is 9.32. The summed E-state index contributed by atoms with van der Waals surface area (Å²) in [4.78, 5) is 28.2. The van der Waals surface area contributed by atoms with Crippen LogP contribution in [0.2, 0.25) is 5.02 Å². The molecule has 0 unspecified atom stereocenters. The van der Waals surface area contributed by atoms with Gasteiger partial charge in [-0.05, 0) is 0 Å². The monoisotopic (exact) mass is 325 g/mol. The second kappa shape index (κ2) is 7.64. The molecule has 0 atom stereocenters. The maximum atomic E-state index is 10.4. The molecular formula is C12H8ClN3O6. The van der Waals surface area contributed by atoms with Gasteiger partial charge >= 0.3 is 11.4 Å². The molecule has 0 saturated carbocycles. The Bertz CT molecular complexity index is 646. The average Bonchev–Trinajstić information content (AvgIpc) is 2.49. The second-order valence-corrected chi connectivity index (χ2v) is 4.10. The molecule has 0 bridgehead atoms. The van der Waals surface area contributed by atoms with Crippen molar-refractivity contribution in [1.29, 1.82) is 0 Å². The lowest BCUT2D eigenvalue weighted by molar-refractivity contribution is -0.403. The van der Waals surface area contributed by atoms with Crippen LogP contribution in [0.5, 0.6) is 0 Å². The highest BCUT2D eigenvalue weighted by Crippen LogP contribution is 2.37. The molecule has 2 aromatic carbocycles. The van der Waals surface area contributed by atoms with Gasteiger partial charge in [-0.3, -0.25) is 30.3 Å². The van der Waals surface area contributed by atoms with E-state index in [0.717, 1.165) is 0 Å². The van der Waals surface area contributed by atoms with E-state index >= 15 is 0 Å². The van der Waals surface area contributed by atoms with Gasteiger partial charge in [0.15, 0.2) is 5.02 Å². The summed E-state index contributed by atoms with van der Waals surface area (Å²) in [6.45, 7) is 0. The molecule has 0 spiro atoms. The predicted molar refractivity (Wildman–Crippen MR) is 77.9 cm³/mol. The van der Waals surface area contributed by atoms with E-state index in [2.05, 4.69) is 0 Å². The van der Waals surface area contributed by atoms with Crippen molar-refractivity contribution in [3.63, 3.8) is 0 Å². The van der Waals surface area contributed by atoms with Crippen molar-refractivity contribution >= 4 is 28.7 Å². The molecule has 0 aliphatic rings. The molecule has 0 saturated heterocycles. The summed E-state index contributed by atoms with van der Waals surface area (Å²) in [5.74, 6) is 0. The molecular weight excluding hydrogens is 318 g/mol. The zero-order valence-electron chi connectivity index (χ0n) is 10.8. The lowest BCUT2D eigenvalue weighted by Crippen LogP contribution is -1.98. The van der Waals surface area contributed by atoms with Crippen molar-refractivity contribution < 1.29 is 14.8 Å². The summed E-state index contributed by atoms with van der Waals surface area (Å²) < 4.78 is 0. The van der Waals surface area contributed by atoms with Gasteiger partial charge in [-0.2, -0.15) is 0 Å². The molecule has 114 valence electrons. The van der Waals surface area contributed by atoms with Gasteiger partial charge in [0.1, 0.15) is 0 Å². The Morgan fingerprint density at radius 1 is 0.682 bits per heavy atom. The van der Waals surface area contributed by atoms with Crippen molar-refractivity contribution in [1.82, 2.24) is 0 Å². The Kier molecular flexibility index (Phi) is 5.90. The Balaban J connectivity index is 0.000000335. The zero-order chi connectivity index (χ0) is 16.7. The molecule has 2 rings (SSSR count). The van der Waals surface area contributed by atoms with Gasteiger partial charge in [-0.25, -0.2) is 0 Å². The topological polar surface area (TPSA) is 129 Å². The molecule has 22 heavy (non-hydrogen) atoms.